The van der Waals surface area contributed by atoms with Gasteiger partial charge in [0.2, 0.25) is 5.95 Å². The molecule has 0 atom stereocenters. The number of hydrogen-bond donors (Lipinski definition) is 1. The molecule has 0 radical (unpaired) electrons. The van der Waals surface area contributed by atoms with E-state index in [2.05, 4.69) is 44.2 Å². The van der Waals surface area contributed by atoms with Crippen LogP contribution in [0.4, 0.5) is 21.7 Å². The van der Waals surface area contributed by atoms with Gasteiger partial charge in [-0.2, -0.15) is 4.98 Å². The van der Waals surface area contributed by atoms with Crippen LogP contribution < -0.4 is 10.2 Å². The number of halogens is 1. The first kappa shape index (κ1) is 17.6. The minimum atomic E-state index is -0.234. The Morgan fingerprint density at radius 3 is 2.70 bits per heavy atom. The Balaban J connectivity index is 1.48. The summed E-state index contributed by atoms with van der Waals surface area (Å²) in [6.45, 7) is 1.73. The Bertz CT molecular complexity index is 937. The lowest BCUT2D eigenvalue weighted by molar-refractivity contribution is 0.249. The van der Waals surface area contributed by atoms with Crippen molar-refractivity contribution in [2.45, 2.75) is 18.9 Å². The fraction of sp³-hybridized carbons (Fsp3) is 0.350. The highest BCUT2D eigenvalue weighted by atomic mass is 19.1. The number of rotatable bonds is 4. The average Bonchev–Trinajstić information content (AvgIpc) is 2.68. The van der Waals surface area contributed by atoms with Crippen LogP contribution in [0.1, 0.15) is 12.8 Å². The molecule has 2 aromatic heterocycles. The van der Waals surface area contributed by atoms with Crippen LogP contribution in [0, 0.1) is 5.82 Å². The SMILES string of the molecule is CN(C)C1CCN(c2ccc(Nc3ncc4cccnc4n3)cc2F)CC1. The molecule has 6 nitrogen and oxygen atoms in total. The molecule has 0 bridgehead atoms. The summed E-state index contributed by atoms with van der Waals surface area (Å²) in [6, 6.07) is 9.51. The molecule has 0 spiro atoms. The summed E-state index contributed by atoms with van der Waals surface area (Å²) in [6.07, 6.45) is 5.49. The third-order valence-electron chi connectivity index (χ3n) is 5.09. The van der Waals surface area contributed by atoms with Crippen molar-refractivity contribution in [3.63, 3.8) is 0 Å². The molecular weight excluding hydrogens is 343 g/mol. The fourth-order valence-electron chi connectivity index (χ4n) is 3.52. The van der Waals surface area contributed by atoms with E-state index in [1.165, 1.54) is 6.07 Å². The monoisotopic (exact) mass is 366 g/mol. The molecule has 27 heavy (non-hydrogen) atoms. The maximum atomic E-state index is 14.7. The lowest BCUT2D eigenvalue weighted by Gasteiger charge is -2.36. The zero-order chi connectivity index (χ0) is 18.8. The van der Waals surface area contributed by atoms with Gasteiger partial charge >= 0.3 is 0 Å². The Morgan fingerprint density at radius 2 is 1.96 bits per heavy atom. The van der Waals surface area contributed by atoms with Gasteiger partial charge in [0, 0.05) is 42.6 Å². The number of benzene rings is 1. The van der Waals surface area contributed by atoms with E-state index in [0.29, 0.717) is 29.0 Å². The summed E-state index contributed by atoms with van der Waals surface area (Å²) >= 11 is 0. The molecule has 7 heteroatoms. The van der Waals surface area contributed by atoms with Crippen LogP contribution in [-0.2, 0) is 0 Å². The molecule has 4 rings (SSSR count). The highest BCUT2D eigenvalue weighted by molar-refractivity contribution is 5.75. The van der Waals surface area contributed by atoms with Crippen LogP contribution in [0.2, 0.25) is 0 Å². The molecule has 0 aliphatic carbocycles. The molecule has 0 amide bonds. The van der Waals surface area contributed by atoms with E-state index in [0.717, 1.165) is 31.3 Å². The molecule has 3 aromatic rings. The van der Waals surface area contributed by atoms with Crippen molar-refractivity contribution in [2.24, 2.45) is 0 Å². The van der Waals surface area contributed by atoms with Gasteiger partial charge in [-0.05, 0) is 57.3 Å². The number of hydrogen-bond acceptors (Lipinski definition) is 6. The van der Waals surface area contributed by atoms with E-state index in [-0.39, 0.29) is 5.82 Å². The van der Waals surface area contributed by atoms with Gasteiger partial charge in [-0.25, -0.2) is 14.4 Å². The van der Waals surface area contributed by atoms with Gasteiger partial charge in [-0.15, -0.1) is 0 Å². The van der Waals surface area contributed by atoms with Crippen LogP contribution in [0.5, 0.6) is 0 Å². The predicted molar refractivity (Wildman–Crippen MR) is 106 cm³/mol. The lowest BCUT2D eigenvalue weighted by Crippen LogP contribution is -2.42. The van der Waals surface area contributed by atoms with Crippen molar-refractivity contribution in [3.05, 3.63) is 48.5 Å². The maximum Gasteiger partial charge on any atom is 0.229 e. The van der Waals surface area contributed by atoms with E-state index in [4.69, 9.17) is 0 Å². The van der Waals surface area contributed by atoms with Gasteiger partial charge in [-0.1, -0.05) is 0 Å². The van der Waals surface area contributed by atoms with Gasteiger partial charge in [-0.3, -0.25) is 0 Å². The Labute approximate surface area is 158 Å². The minimum absolute atomic E-state index is 0.234. The van der Waals surface area contributed by atoms with E-state index < -0.39 is 0 Å². The molecule has 0 saturated carbocycles. The largest absolute Gasteiger partial charge is 0.369 e. The van der Waals surface area contributed by atoms with Crippen LogP contribution in [0.25, 0.3) is 11.0 Å². The zero-order valence-corrected chi connectivity index (χ0v) is 15.6. The highest BCUT2D eigenvalue weighted by Crippen LogP contribution is 2.27. The van der Waals surface area contributed by atoms with Crippen LogP contribution >= 0.6 is 0 Å². The summed E-state index contributed by atoms with van der Waals surface area (Å²) < 4.78 is 14.7. The van der Waals surface area contributed by atoms with Crippen molar-refractivity contribution < 1.29 is 4.39 Å². The van der Waals surface area contributed by atoms with Crippen LogP contribution in [0.15, 0.2) is 42.7 Å². The first-order valence-corrected chi connectivity index (χ1v) is 9.16. The van der Waals surface area contributed by atoms with Crippen molar-refractivity contribution >= 4 is 28.4 Å². The van der Waals surface area contributed by atoms with Crippen molar-refractivity contribution in [3.8, 4) is 0 Å². The van der Waals surface area contributed by atoms with Crippen molar-refractivity contribution in [2.75, 3.05) is 37.4 Å². The van der Waals surface area contributed by atoms with Gasteiger partial charge in [0.05, 0.1) is 5.69 Å². The van der Waals surface area contributed by atoms with E-state index in [9.17, 15) is 4.39 Å². The second-order valence-electron chi connectivity index (χ2n) is 7.08. The summed E-state index contributed by atoms with van der Waals surface area (Å²) in [5, 5.41) is 3.93. The molecule has 1 N–H and O–H groups in total. The zero-order valence-electron chi connectivity index (χ0n) is 15.6. The van der Waals surface area contributed by atoms with Crippen LogP contribution in [-0.4, -0.2) is 53.1 Å². The highest BCUT2D eigenvalue weighted by Gasteiger charge is 2.22. The van der Waals surface area contributed by atoms with Gasteiger partial charge in [0.25, 0.3) is 0 Å². The number of anilines is 3. The van der Waals surface area contributed by atoms with Gasteiger partial charge in [0.15, 0.2) is 5.65 Å². The topological polar surface area (TPSA) is 57.2 Å². The summed E-state index contributed by atoms with van der Waals surface area (Å²) in [4.78, 5) is 17.2. The van der Waals surface area contributed by atoms with Crippen LogP contribution in [0.3, 0.4) is 0 Å². The quantitative estimate of drug-likeness (QED) is 0.763. The van der Waals surface area contributed by atoms with E-state index >= 15 is 0 Å². The molecule has 1 aromatic carbocycles. The lowest BCUT2D eigenvalue weighted by atomic mass is 10.0. The predicted octanol–water partition coefficient (Wildman–Crippen LogP) is 3.44. The fourth-order valence-corrected chi connectivity index (χ4v) is 3.52. The summed E-state index contributed by atoms with van der Waals surface area (Å²) in [5.41, 5.74) is 1.88. The third-order valence-corrected chi connectivity index (χ3v) is 5.09. The Kier molecular flexibility index (Phi) is 4.85. The van der Waals surface area contributed by atoms with Gasteiger partial charge in [0.1, 0.15) is 5.82 Å². The molecular formula is C20H23FN6. The minimum Gasteiger partial charge on any atom is -0.369 e. The molecule has 1 saturated heterocycles. The van der Waals surface area contributed by atoms with E-state index in [1.807, 2.05) is 24.3 Å². The van der Waals surface area contributed by atoms with E-state index in [1.54, 1.807) is 12.4 Å². The molecule has 1 aliphatic heterocycles. The van der Waals surface area contributed by atoms with Crippen molar-refractivity contribution in [1.29, 1.82) is 0 Å². The summed E-state index contributed by atoms with van der Waals surface area (Å²) in [7, 11) is 4.21. The maximum absolute atomic E-state index is 14.7. The number of fused-ring (bicyclic) bond motifs is 1. The van der Waals surface area contributed by atoms with Gasteiger partial charge < -0.3 is 15.1 Å². The number of nitrogens with one attached hydrogen (secondary N) is 1. The summed E-state index contributed by atoms with van der Waals surface area (Å²) in [5.74, 6) is 0.169. The molecule has 1 aliphatic rings. The third kappa shape index (κ3) is 3.83. The smallest absolute Gasteiger partial charge is 0.229 e. The Hall–Kier alpha value is -2.80. The molecule has 0 unspecified atom stereocenters. The normalized spacial score (nSPS) is 15.5. The molecule has 3 heterocycles. The first-order chi connectivity index (χ1) is 13.1. The van der Waals surface area contributed by atoms with Crippen molar-refractivity contribution in [1.82, 2.24) is 19.9 Å². The molecule has 1 fully saturated rings. The second-order valence-corrected chi connectivity index (χ2v) is 7.08. The molecule has 140 valence electrons. The first-order valence-electron chi connectivity index (χ1n) is 9.16. The number of piperidine rings is 1. The number of aromatic nitrogens is 3. The number of nitrogens with zero attached hydrogens (tertiary/aromatic N) is 5. The average molecular weight is 366 g/mol. The number of pyridine rings is 1. The standard InChI is InChI=1S/C20H23FN6/c1-26(2)16-7-10-27(11-8-16)18-6-5-15(12-17(18)21)24-20-23-13-14-4-3-9-22-19(14)25-20/h3-6,9,12-13,16H,7-8,10-11H2,1-2H3,(H,22,23,24,25). The Morgan fingerprint density at radius 1 is 1.15 bits per heavy atom. The second kappa shape index (κ2) is 7.44.